The summed E-state index contributed by atoms with van der Waals surface area (Å²) in [6.07, 6.45) is 9.17. The van der Waals surface area contributed by atoms with E-state index in [0.717, 1.165) is 57.9 Å². The van der Waals surface area contributed by atoms with E-state index in [9.17, 15) is 9.59 Å². The molecule has 21 heavy (non-hydrogen) atoms. The Morgan fingerprint density at radius 1 is 1.19 bits per heavy atom. The molecule has 3 rings (SSSR count). The molecule has 0 bridgehead atoms. The van der Waals surface area contributed by atoms with E-state index in [4.69, 9.17) is 0 Å². The van der Waals surface area contributed by atoms with E-state index in [1.807, 2.05) is 11.8 Å². The van der Waals surface area contributed by atoms with Crippen LogP contribution in [-0.4, -0.2) is 34.3 Å². The molecule has 118 valence electrons. The zero-order valence-electron chi connectivity index (χ0n) is 13.4. The standard InChI is InChI=1S/C17H28N2O2/c1-3-4-12-19-15(21)16(2,13-8-9-13)18-14(20)17(19)10-6-5-7-11-17/h13H,3-12H2,1-2H3,(H,18,20). The third-order valence-corrected chi connectivity index (χ3v) is 5.81. The Morgan fingerprint density at radius 2 is 1.86 bits per heavy atom. The van der Waals surface area contributed by atoms with Crippen LogP contribution >= 0.6 is 0 Å². The van der Waals surface area contributed by atoms with Gasteiger partial charge in [-0.2, -0.15) is 0 Å². The van der Waals surface area contributed by atoms with Crippen LogP contribution in [0.3, 0.4) is 0 Å². The summed E-state index contributed by atoms with van der Waals surface area (Å²) in [6, 6.07) is 0. The first-order chi connectivity index (χ1) is 10.0. The van der Waals surface area contributed by atoms with Gasteiger partial charge in [-0.15, -0.1) is 0 Å². The molecule has 4 nitrogen and oxygen atoms in total. The summed E-state index contributed by atoms with van der Waals surface area (Å²) in [5.41, 5.74) is -1.19. The Morgan fingerprint density at radius 3 is 2.43 bits per heavy atom. The highest BCUT2D eigenvalue weighted by Gasteiger charge is 2.60. The lowest BCUT2D eigenvalue weighted by atomic mass is 9.74. The number of nitrogens with zero attached hydrogens (tertiary/aromatic N) is 1. The minimum Gasteiger partial charge on any atom is -0.340 e. The Bertz CT molecular complexity index is 438. The average molecular weight is 292 g/mol. The van der Waals surface area contributed by atoms with E-state index in [0.29, 0.717) is 5.92 Å². The predicted octanol–water partition coefficient (Wildman–Crippen LogP) is 2.62. The van der Waals surface area contributed by atoms with Gasteiger partial charge in [-0.25, -0.2) is 0 Å². The van der Waals surface area contributed by atoms with E-state index in [1.165, 1.54) is 6.42 Å². The molecule has 1 atom stereocenters. The van der Waals surface area contributed by atoms with Gasteiger partial charge in [-0.3, -0.25) is 9.59 Å². The minimum absolute atomic E-state index is 0.118. The fraction of sp³-hybridized carbons (Fsp3) is 0.882. The second-order valence-corrected chi connectivity index (χ2v) is 7.33. The summed E-state index contributed by atoms with van der Waals surface area (Å²) in [7, 11) is 0. The van der Waals surface area contributed by atoms with Gasteiger partial charge in [0, 0.05) is 6.54 Å². The summed E-state index contributed by atoms with van der Waals surface area (Å²) in [4.78, 5) is 28.1. The first kappa shape index (κ1) is 14.9. The van der Waals surface area contributed by atoms with Crippen LogP contribution in [0.4, 0.5) is 0 Å². The average Bonchev–Trinajstić information content (AvgIpc) is 3.32. The van der Waals surface area contributed by atoms with Crippen molar-refractivity contribution in [2.45, 2.75) is 82.7 Å². The van der Waals surface area contributed by atoms with E-state index >= 15 is 0 Å². The molecule has 0 aromatic carbocycles. The first-order valence-electron chi connectivity index (χ1n) is 8.69. The molecule has 1 N–H and O–H groups in total. The molecule has 1 unspecified atom stereocenters. The second-order valence-electron chi connectivity index (χ2n) is 7.33. The van der Waals surface area contributed by atoms with Crippen LogP contribution in [-0.2, 0) is 9.59 Å². The number of piperazine rings is 1. The summed E-state index contributed by atoms with van der Waals surface area (Å²) in [5.74, 6) is 0.645. The Hall–Kier alpha value is -1.06. The molecule has 2 saturated carbocycles. The molecule has 4 heteroatoms. The van der Waals surface area contributed by atoms with Crippen molar-refractivity contribution < 1.29 is 9.59 Å². The number of nitrogens with one attached hydrogen (secondary N) is 1. The molecule has 3 aliphatic rings. The van der Waals surface area contributed by atoms with Crippen molar-refractivity contribution in [3.63, 3.8) is 0 Å². The van der Waals surface area contributed by atoms with Gasteiger partial charge in [0.05, 0.1) is 0 Å². The highest BCUT2D eigenvalue weighted by molar-refractivity contribution is 6.02. The van der Waals surface area contributed by atoms with E-state index < -0.39 is 11.1 Å². The number of hydrogen-bond donors (Lipinski definition) is 1. The smallest absolute Gasteiger partial charge is 0.249 e. The number of carbonyl (C=O) groups excluding carboxylic acids is 2. The highest BCUT2D eigenvalue weighted by Crippen LogP contribution is 2.46. The Kier molecular flexibility index (Phi) is 3.74. The Balaban J connectivity index is 1.92. The van der Waals surface area contributed by atoms with Gasteiger partial charge in [0.15, 0.2) is 0 Å². The number of carbonyl (C=O) groups is 2. The van der Waals surface area contributed by atoms with Crippen LogP contribution in [0.25, 0.3) is 0 Å². The lowest BCUT2D eigenvalue weighted by molar-refractivity contribution is -0.166. The predicted molar refractivity (Wildman–Crippen MR) is 81.7 cm³/mol. The van der Waals surface area contributed by atoms with Gasteiger partial charge in [0.2, 0.25) is 11.8 Å². The molecule has 0 radical (unpaired) electrons. The molecule has 1 saturated heterocycles. The van der Waals surface area contributed by atoms with Crippen LogP contribution in [0.1, 0.15) is 71.6 Å². The molecule has 0 aromatic heterocycles. The molecular formula is C17H28N2O2. The molecule has 2 aliphatic carbocycles. The van der Waals surface area contributed by atoms with Gasteiger partial charge in [0.25, 0.3) is 0 Å². The fourth-order valence-corrected chi connectivity index (χ4v) is 4.21. The summed E-state index contributed by atoms with van der Waals surface area (Å²) < 4.78 is 0. The number of unbranched alkanes of at least 4 members (excludes halogenated alkanes) is 1. The lowest BCUT2D eigenvalue weighted by Crippen LogP contribution is -2.76. The fourth-order valence-electron chi connectivity index (χ4n) is 4.21. The number of hydrogen-bond acceptors (Lipinski definition) is 2. The molecule has 1 aliphatic heterocycles. The summed E-state index contributed by atoms with van der Waals surface area (Å²) in [6.45, 7) is 4.83. The van der Waals surface area contributed by atoms with Crippen LogP contribution in [0.2, 0.25) is 0 Å². The molecule has 1 heterocycles. The van der Waals surface area contributed by atoms with Crippen molar-refractivity contribution in [3.8, 4) is 0 Å². The molecule has 2 amide bonds. The van der Waals surface area contributed by atoms with Gasteiger partial charge in [0.1, 0.15) is 11.1 Å². The third kappa shape index (κ3) is 2.27. The molecule has 3 fully saturated rings. The summed E-state index contributed by atoms with van der Waals surface area (Å²) in [5, 5.41) is 3.14. The van der Waals surface area contributed by atoms with Crippen molar-refractivity contribution >= 4 is 11.8 Å². The highest BCUT2D eigenvalue weighted by atomic mass is 16.2. The maximum Gasteiger partial charge on any atom is 0.249 e. The maximum atomic E-state index is 13.2. The van der Waals surface area contributed by atoms with Crippen molar-refractivity contribution in [1.82, 2.24) is 10.2 Å². The third-order valence-electron chi connectivity index (χ3n) is 5.81. The quantitative estimate of drug-likeness (QED) is 0.866. The number of rotatable bonds is 4. The van der Waals surface area contributed by atoms with Gasteiger partial charge < -0.3 is 10.2 Å². The lowest BCUT2D eigenvalue weighted by Gasteiger charge is -2.53. The van der Waals surface area contributed by atoms with Crippen molar-refractivity contribution in [3.05, 3.63) is 0 Å². The van der Waals surface area contributed by atoms with Crippen molar-refractivity contribution in [2.75, 3.05) is 6.54 Å². The van der Waals surface area contributed by atoms with Gasteiger partial charge in [-0.05, 0) is 44.9 Å². The van der Waals surface area contributed by atoms with Crippen LogP contribution < -0.4 is 5.32 Å². The first-order valence-corrected chi connectivity index (χ1v) is 8.69. The molecular weight excluding hydrogens is 264 g/mol. The SMILES string of the molecule is CCCCN1C(=O)C(C)(C2CC2)NC(=O)C12CCCCC2. The van der Waals surface area contributed by atoms with Crippen LogP contribution in [0.15, 0.2) is 0 Å². The van der Waals surface area contributed by atoms with E-state index in [-0.39, 0.29) is 11.8 Å². The second kappa shape index (κ2) is 5.29. The van der Waals surface area contributed by atoms with E-state index in [2.05, 4.69) is 12.2 Å². The molecule has 1 spiro atoms. The van der Waals surface area contributed by atoms with Crippen LogP contribution in [0, 0.1) is 5.92 Å². The van der Waals surface area contributed by atoms with Crippen molar-refractivity contribution in [1.29, 1.82) is 0 Å². The number of amides is 2. The maximum absolute atomic E-state index is 13.2. The summed E-state index contributed by atoms with van der Waals surface area (Å²) >= 11 is 0. The topological polar surface area (TPSA) is 49.4 Å². The van der Waals surface area contributed by atoms with E-state index in [1.54, 1.807) is 0 Å². The van der Waals surface area contributed by atoms with Crippen LogP contribution in [0.5, 0.6) is 0 Å². The normalized spacial score (nSPS) is 32.4. The Labute approximate surface area is 127 Å². The minimum atomic E-state index is -0.645. The molecule has 0 aromatic rings. The zero-order valence-corrected chi connectivity index (χ0v) is 13.4. The van der Waals surface area contributed by atoms with Gasteiger partial charge in [-0.1, -0.05) is 32.6 Å². The largest absolute Gasteiger partial charge is 0.340 e. The zero-order chi connectivity index (χ0) is 15.1. The van der Waals surface area contributed by atoms with Gasteiger partial charge >= 0.3 is 0 Å². The van der Waals surface area contributed by atoms with Crippen molar-refractivity contribution in [2.24, 2.45) is 5.92 Å². The monoisotopic (exact) mass is 292 g/mol.